The Morgan fingerprint density at radius 2 is 2.15 bits per heavy atom. The number of hydrogen-bond acceptors (Lipinski definition) is 5. The zero-order chi connectivity index (χ0) is 17.9. The minimum absolute atomic E-state index is 0.00164. The maximum Gasteiger partial charge on any atom is 0.287 e. The second-order valence-electron chi connectivity index (χ2n) is 5.74. The van der Waals surface area contributed by atoms with Gasteiger partial charge in [-0.3, -0.25) is 14.3 Å². The molecule has 130 valence electrons. The first-order valence-corrected chi connectivity index (χ1v) is 8.99. The first-order valence-electron chi connectivity index (χ1n) is 8.05. The highest BCUT2D eigenvalue weighted by atomic mass is 32.1. The Labute approximate surface area is 152 Å². The van der Waals surface area contributed by atoms with E-state index in [0.717, 1.165) is 5.56 Å². The van der Waals surface area contributed by atoms with Crippen LogP contribution >= 0.6 is 11.3 Å². The van der Waals surface area contributed by atoms with Crippen LogP contribution in [0.5, 0.6) is 0 Å². The predicted molar refractivity (Wildman–Crippen MR) is 99.5 cm³/mol. The van der Waals surface area contributed by atoms with Gasteiger partial charge in [-0.25, -0.2) is 0 Å². The molecule has 4 rings (SSSR count). The van der Waals surface area contributed by atoms with E-state index >= 15 is 0 Å². The van der Waals surface area contributed by atoms with Crippen LogP contribution in [0.15, 0.2) is 74.8 Å². The van der Waals surface area contributed by atoms with Gasteiger partial charge in [0, 0.05) is 25.0 Å². The van der Waals surface area contributed by atoms with Crippen molar-refractivity contribution >= 4 is 28.2 Å². The van der Waals surface area contributed by atoms with E-state index in [2.05, 4.69) is 10.4 Å². The van der Waals surface area contributed by atoms with Gasteiger partial charge in [0.15, 0.2) is 11.2 Å². The number of para-hydroxylation sites is 1. The third kappa shape index (κ3) is 3.16. The molecule has 3 heterocycles. The molecule has 0 aliphatic rings. The number of amides is 1. The van der Waals surface area contributed by atoms with Gasteiger partial charge in [-0.2, -0.15) is 16.4 Å². The molecule has 1 aromatic carbocycles. The molecule has 0 spiro atoms. The number of rotatable bonds is 5. The molecule has 0 aliphatic heterocycles. The summed E-state index contributed by atoms with van der Waals surface area (Å²) in [6.07, 6.45) is 3.55. The molecule has 0 radical (unpaired) electrons. The van der Waals surface area contributed by atoms with Gasteiger partial charge < -0.3 is 9.73 Å². The molecule has 0 unspecified atom stereocenters. The van der Waals surface area contributed by atoms with Crippen LogP contribution in [0.25, 0.3) is 11.0 Å². The largest absolute Gasteiger partial charge is 0.451 e. The molecule has 0 bridgehead atoms. The summed E-state index contributed by atoms with van der Waals surface area (Å²) in [5.41, 5.74) is 1.21. The maximum absolute atomic E-state index is 12.5. The van der Waals surface area contributed by atoms with E-state index in [0.29, 0.717) is 17.5 Å². The zero-order valence-electron chi connectivity index (χ0n) is 13.7. The monoisotopic (exact) mass is 365 g/mol. The quantitative estimate of drug-likeness (QED) is 0.590. The summed E-state index contributed by atoms with van der Waals surface area (Å²) in [5, 5.41) is 11.6. The summed E-state index contributed by atoms with van der Waals surface area (Å²) in [7, 11) is 0. The third-order valence-corrected chi connectivity index (χ3v) is 4.79. The molecule has 26 heavy (non-hydrogen) atoms. The lowest BCUT2D eigenvalue weighted by molar-refractivity contribution is 0.0922. The first kappa shape index (κ1) is 16.3. The molecule has 0 aliphatic carbocycles. The van der Waals surface area contributed by atoms with Crippen LogP contribution < -0.4 is 10.7 Å². The molecule has 7 heteroatoms. The van der Waals surface area contributed by atoms with Crippen molar-refractivity contribution in [1.82, 2.24) is 15.1 Å². The minimum atomic E-state index is -0.430. The lowest BCUT2D eigenvalue weighted by Crippen LogP contribution is -2.31. The number of hydrogen-bond donors (Lipinski definition) is 1. The summed E-state index contributed by atoms with van der Waals surface area (Å²) in [6, 6.07) is 11.8. The van der Waals surface area contributed by atoms with E-state index in [1.165, 1.54) is 6.07 Å². The molecule has 1 N–H and O–H groups in total. The number of nitrogens with zero attached hydrogens (tertiary/aromatic N) is 2. The summed E-state index contributed by atoms with van der Waals surface area (Å²) < 4.78 is 7.38. The summed E-state index contributed by atoms with van der Waals surface area (Å²) in [5.74, 6) is -0.432. The molecule has 0 fully saturated rings. The van der Waals surface area contributed by atoms with Crippen LogP contribution in [-0.4, -0.2) is 22.2 Å². The molecule has 1 amide bonds. The summed E-state index contributed by atoms with van der Waals surface area (Å²) in [4.78, 5) is 24.7. The fraction of sp³-hybridized carbons (Fsp3) is 0.105. The normalized spacial score (nSPS) is 12.2. The van der Waals surface area contributed by atoms with Crippen LogP contribution in [0.2, 0.25) is 0 Å². The number of fused-ring (bicyclic) bond motifs is 1. The van der Waals surface area contributed by atoms with Gasteiger partial charge in [0.05, 0.1) is 11.4 Å². The molecule has 0 saturated carbocycles. The van der Waals surface area contributed by atoms with Gasteiger partial charge in [0.25, 0.3) is 5.91 Å². The van der Waals surface area contributed by atoms with Gasteiger partial charge >= 0.3 is 0 Å². The average Bonchev–Trinajstić information content (AvgIpc) is 3.36. The van der Waals surface area contributed by atoms with Gasteiger partial charge in [0.2, 0.25) is 0 Å². The van der Waals surface area contributed by atoms with E-state index in [1.807, 2.05) is 29.1 Å². The first-order chi connectivity index (χ1) is 12.7. The van der Waals surface area contributed by atoms with Crippen molar-refractivity contribution in [2.24, 2.45) is 0 Å². The molecule has 4 aromatic rings. The van der Waals surface area contributed by atoms with Crippen molar-refractivity contribution in [2.45, 2.75) is 6.04 Å². The van der Waals surface area contributed by atoms with E-state index in [9.17, 15) is 9.59 Å². The molecule has 3 aromatic heterocycles. The number of carbonyl (C=O) groups is 1. The van der Waals surface area contributed by atoms with E-state index in [4.69, 9.17) is 4.42 Å². The molecular formula is C19H15N3O3S. The Morgan fingerprint density at radius 1 is 1.27 bits per heavy atom. The number of benzene rings is 1. The molecule has 0 saturated heterocycles. The van der Waals surface area contributed by atoms with Crippen LogP contribution in [0.3, 0.4) is 0 Å². The number of nitrogens with one attached hydrogen (secondary N) is 1. The summed E-state index contributed by atoms with van der Waals surface area (Å²) >= 11 is 1.59. The predicted octanol–water partition coefficient (Wildman–Crippen LogP) is 3.07. The standard InChI is InChI=1S/C19H15N3O3S/c23-16-10-18(25-17-5-2-1-4-14(16)17)19(24)20-11-15(13-6-9-26-12-13)22-8-3-7-21-22/h1-10,12,15H,11H2,(H,20,24)/t15-/m0/s1. The highest BCUT2D eigenvalue weighted by Gasteiger charge is 2.18. The van der Waals surface area contributed by atoms with Gasteiger partial charge in [-0.1, -0.05) is 12.1 Å². The van der Waals surface area contributed by atoms with Crippen molar-refractivity contribution in [3.63, 3.8) is 0 Å². The van der Waals surface area contributed by atoms with Gasteiger partial charge in [-0.15, -0.1) is 0 Å². The van der Waals surface area contributed by atoms with Crippen LogP contribution in [0.1, 0.15) is 22.2 Å². The number of carbonyl (C=O) groups excluding carboxylic acids is 1. The zero-order valence-corrected chi connectivity index (χ0v) is 14.5. The smallest absolute Gasteiger partial charge is 0.287 e. The van der Waals surface area contributed by atoms with Gasteiger partial charge in [-0.05, 0) is 40.6 Å². The fourth-order valence-corrected chi connectivity index (χ4v) is 3.49. The van der Waals surface area contributed by atoms with Crippen LogP contribution in [0, 0.1) is 0 Å². The van der Waals surface area contributed by atoms with E-state index in [-0.39, 0.29) is 17.2 Å². The van der Waals surface area contributed by atoms with Crippen molar-refractivity contribution in [2.75, 3.05) is 6.54 Å². The van der Waals surface area contributed by atoms with E-state index in [1.54, 1.807) is 46.5 Å². The third-order valence-electron chi connectivity index (χ3n) is 4.09. The Balaban J connectivity index is 1.57. The van der Waals surface area contributed by atoms with Crippen molar-refractivity contribution in [1.29, 1.82) is 0 Å². The number of thiophene rings is 1. The highest BCUT2D eigenvalue weighted by molar-refractivity contribution is 7.07. The fourth-order valence-electron chi connectivity index (χ4n) is 2.79. The SMILES string of the molecule is O=C(NC[C@@H](c1ccsc1)n1cccn1)c1cc(=O)c2ccccc2o1. The average molecular weight is 365 g/mol. The summed E-state index contributed by atoms with van der Waals surface area (Å²) in [6.45, 7) is 0.327. The minimum Gasteiger partial charge on any atom is -0.451 e. The Kier molecular flexibility index (Phi) is 4.37. The Hall–Kier alpha value is -3.19. The Bertz CT molecular complexity index is 1050. The Morgan fingerprint density at radius 3 is 2.92 bits per heavy atom. The number of aromatic nitrogens is 2. The van der Waals surface area contributed by atoms with Crippen molar-refractivity contribution < 1.29 is 9.21 Å². The highest BCUT2D eigenvalue weighted by Crippen LogP contribution is 2.20. The maximum atomic E-state index is 12.5. The lowest BCUT2D eigenvalue weighted by Gasteiger charge is -2.17. The molecular weight excluding hydrogens is 350 g/mol. The molecule has 1 atom stereocenters. The second-order valence-corrected chi connectivity index (χ2v) is 6.52. The van der Waals surface area contributed by atoms with E-state index < -0.39 is 5.91 Å². The lowest BCUT2D eigenvalue weighted by atomic mass is 10.1. The van der Waals surface area contributed by atoms with Gasteiger partial charge in [0.1, 0.15) is 5.58 Å². The second kappa shape index (κ2) is 6.97. The van der Waals surface area contributed by atoms with Crippen LogP contribution in [0.4, 0.5) is 0 Å². The topological polar surface area (TPSA) is 77.1 Å². The van der Waals surface area contributed by atoms with Crippen molar-refractivity contribution in [3.8, 4) is 0 Å². The molecule has 6 nitrogen and oxygen atoms in total. The van der Waals surface area contributed by atoms with Crippen molar-refractivity contribution in [3.05, 3.63) is 87.2 Å². The van der Waals surface area contributed by atoms with Crippen LogP contribution in [-0.2, 0) is 0 Å².